The van der Waals surface area contributed by atoms with Crippen molar-refractivity contribution >= 4 is 12.1 Å². The molecule has 120 valence electrons. The minimum Gasteiger partial charge on any atom is -0.497 e. The summed E-state index contributed by atoms with van der Waals surface area (Å²) in [5, 5.41) is 3.82. The molecule has 1 saturated heterocycles. The molecule has 0 aliphatic carbocycles. The number of nitrogens with zero attached hydrogens (tertiary/aromatic N) is 2. The summed E-state index contributed by atoms with van der Waals surface area (Å²) in [4.78, 5) is 18.6. The van der Waals surface area contributed by atoms with Crippen LogP contribution in [0.15, 0.2) is 23.4 Å². The average Bonchev–Trinajstić information content (AvgIpc) is 2.59. The molecule has 0 bridgehead atoms. The van der Waals surface area contributed by atoms with Crippen LogP contribution in [-0.4, -0.2) is 64.2 Å². The van der Waals surface area contributed by atoms with Crippen LogP contribution in [0, 0.1) is 0 Å². The lowest BCUT2D eigenvalue weighted by Crippen LogP contribution is -2.42. The number of hydrogen-bond donors (Lipinski definition) is 0. The van der Waals surface area contributed by atoms with Gasteiger partial charge >= 0.3 is 0 Å². The Kier molecular flexibility index (Phi) is 6.02. The third kappa shape index (κ3) is 4.36. The number of methoxy groups -OCH3 is 2. The van der Waals surface area contributed by atoms with E-state index < -0.39 is 0 Å². The topological polar surface area (TPSA) is 69.6 Å². The molecule has 7 heteroatoms. The van der Waals surface area contributed by atoms with E-state index in [1.807, 2.05) is 0 Å². The highest BCUT2D eigenvalue weighted by molar-refractivity contribution is 5.84. The molecule has 0 radical (unpaired) electrons. The van der Waals surface area contributed by atoms with Gasteiger partial charge in [-0.05, 0) is 18.2 Å². The van der Waals surface area contributed by atoms with Crippen molar-refractivity contribution in [1.29, 1.82) is 0 Å². The molecule has 0 N–H and O–H groups in total. The highest BCUT2D eigenvalue weighted by Gasteiger charge is 2.16. The lowest BCUT2D eigenvalue weighted by Gasteiger charge is -2.26. The van der Waals surface area contributed by atoms with Crippen LogP contribution >= 0.6 is 0 Å². The van der Waals surface area contributed by atoms with Crippen LogP contribution in [0.3, 0.4) is 0 Å². The average molecular weight is 308 g/mol. The Bertz CT molecular complexity index is 527. The molecule has 1 fully saturated rings. The van der Waals surface area contributed by atoms with E-state index in [-0.39, 0.29) is 12.5 Å². The maximum absolute atomic E-state index is 11.9. The van der Waals surface area contributed by atoms with Crippen molar-refractivity contribution in [3.63, 3.8) is 0 Å². The van der Waals surface area contributed by atoms with E-state index in [1.54, 1.807) is 37.3 Å². The van der Waals surface area contributed by atoms with E-state index in [4.69, 9.17) is 19.0 Å². The van der Waals surface area contributed by atoms with Gasteiger partial charge in [0.25, 0.3) is 5.91 Å². The van der Waals surface area contributed by atoms with Crippen molar-refractivity contribution < 1.29 is 23.8 Å². The van der Waals surface area contributed by atoms with Gasteiger partial charge < -0.3 is 23.9 Å². The van der Waals surface area contributed by atoms with E-state index in [1.165, 1.54) is 6.21 Å². The number of rotatable bonds is 6. The van der Waals surface area contributed by atoms with E-state index in [0.717, 1.165) is 0 Å². The summed E-state index contributed by atoms with van der Waals surface area (Å²) in [6.07, 6.45) is 1.49. The van der Waals surface area contributed by atoms with Gasteiger partial charge in [-0.1, -0.05) is 5.16 Å². The lowest BCUT2D eigenvalue weighted by molar-refractivity contribution is -0.140. The summed E-state index contributed by atoms with van der Waals surface area (Å²) >= 11 is 0. The lowest BCUT2D eigenvalue weighted by atomic mass is 10.2. The zero-order valence-electron chi connectivity index (χ0n) is 12.8. The first kappa shape index (κ1) is 16.1. The van der Waals surface area contributed by atoms with Crippen LogP contribution in [0.4, 0.5) is 0 Å². The summed E-state index contributed by atoms with van der Waals surface area (Å²) < 4.78 is 15.6. The SMILES string of the molecule is COc1ccc(OC)c(/C=N/OCC(=O)N2CCOCC2)c1. The molecule has 1 heterocycles. The molecular weight excluding hydrogens is 288 g/mol. The summed E-state index contributed by atoms with van der Waals surface area (Å²) in [5.41, 5.74) is 0.709. The summed E-state index contributed by atoms with van der Waals surface area (Å²) in [7, 11) is 3.15. The maximum Gasteiger partial charge on any atom is 0.263 e. The molecule has 7 nitrogen and oxygen atoms in total. The highest BCUT2D eigenvalue weighted by Crippen LogP contribution is 2.22. The van der Waals surface area contributed by atoms with Crippen molar-refractivity contribution in [2.24, 2.45) is 5.16 Å². The zero-order chi connectivity index (χ0) is 15.8. The Morgan fingerprint density at radius 2 is 2.09 bits per heavy atom. The number of carbonyl (C=O) groups excluding carboxylic acids is 1. The molecule has 2 rings (SSSR count). The molecule has 0 aromatic heterocycles. The summed E-state index contributed by atoms with van der Waals surface area (Å²) in [6, 6.07) is 5.34. The summed E-state index contributed by atoms with van der Waals surface area (Å²) in [5.74, 6) is 1.23. The van der Waals surface area contributed by atoms with E-state index in [2.05, 4.69) is 5.16 Å². The predicted molar refractivity (Wildman–Crippen MR) is 80.5 cm³/mol. The Morgan fingerprint density at radius 1 is 1.32 bits per heavy atom. The Hall–Kier alpha value is -2.28. The smallest absolute Gasteiger partial charge is 0.263 e. The number of ether oxygens (including phenoxy) is 3. The van der Waals surface area contributed by atoms with Gasteiger partial charge in [-0.25, -0.2) is 0 Å². The van der Waals surface area contributed by atoms with Gasteiger partial charge in [0, 0.05) is 18.7 Å². The first-order valence-corrected chi connectivity index (χ1v) is 6.97. The third-order valence-electron chi connectivity index (χ3n) is 3.26. The Balaban J connectivity index is 1.87. The number of carbonyl (C=O) groups is 1. The minimum absolute atomic E-state index is 0.0945. The molecule has 1 aromatic rings. The largest absolute Gasteiger partial charge is 0.497 e. The molecule has 1 aliphatic heterocycles. The van der Waals surface area contributed by atoms with Crippen molar-refractivity contribution in [1.82, 2.24) is 4.90 Å². The fourth-order valence-corrected chi connectivity index (χ4v) is 2.03. The van der Waals surface area contributed by atoms with E-state index in [0.29, 0.717) is 43.4 Å². The van der Waals surface area contributed by atoms with Crippen LogP contribution in [0.5, 0.6) is 11.5 Å². The highest BCUT2D eigenvalue weighted by atomic mass is 16.6. The third-order valence-corrected chi connectivity index (χ3v) is 3.26. The monoisotopic (exact) mass is 308 g/mol. The van der Waals surface area contributed by atoms with Crippen molar-refractivity contribution in [3.05, 3.63) is 23.8 Å². The second-order valence-electron chi connectivity index (χ2n) is 4.61. The predicted octanol–water partition coefficient (Wildman–Crippen LogP) is 0.913. The van der Waals surface area contributed by atoms with Crippen LogP contribution in [0.2, 0.25) is 0 Å². The van der Waals surface area contributed by atoms with E-state index in [9.17, 15) is 4.79 Å². The number of morpholine rings is 1. The number of amides is 1. The van der Waals surface area contributed by atoms with Gasteiger partial charge in [0.05, 0.1) is 33.6 Å². The molecule has 1 amide bonds. The van der Waals surface area contributed by atoms with Gasteiger partial charge in [-0.3, -0.25) is 4.79 Å². The first-order chi connectivity index (χ1) is 10.7. The molecule has 22 heavy (non-hydrogen) atoms. The molecule has 1 aromatic carbocycles. The molecule has 0 spiro atoms. The van der Waals surface area contributed by atoms with Crippen LogP contribution in [0.25, 0.3) is 0 Å². The Morgan fingerprint density at radius 3 is 2.77 bits per heavy atom. The van der Waals surface area contributed by atoms with Crippen molar-refractivity contribution in [2.45, 2.75) is 0 Å². The molecular formula is C15H20N2O5. The van der Waals surface area contributed by atoms with Crippen molar-refractivity contribution in [2.75, 3.05) is 47.1 Å². The Labute approximate surface area is 129 Å². The number of benzene rings is 1. The second-order valence-corrected chi connectivity index (χ2v) is 4.61. The zero-order valence-corrected chi connectivity index (χ0v) is 12.8. The van der Waals surface area contributed by atoms with Crippen molar-refractivity contribution in [3.8, 4) is 11.5 Å². The number of oxime groups is 1. The van der Waals surface area contributed by atoms with E-state index >= 15 is 0 Å². The van der Waals surface area contributed by atoms with Gasteiger partial charge in [0.1, 0.15) is 11.5 Å². The standard InChI is InChI=1S/C15H20N2O5/c1-19-13-3-4-14(20-2)12(9-13)10-16-22-11-15(18)17-5-7-21-8-6-17/h3-4,9-10H,5-8,11H2,1-2H3/b16-10+. The quantitative estimate of drug-likeness (QED) is 0.577. The van der Waals surface area contributed by atoms with Crippen LogP contribution in [0.1, 0.15) is 5.56 Å². The molecule has 0 unspecified atom stereocenters. The second kappa shape index (κ2) is 8.23. The maximum atomic E-state index is 11.9. The molecule has 0 atom stereocenters. The summed E-state index contributed by atoms with van der Waals surface area (Å²) in [6.45, 7) is 2.22. The van der Waals surface area contributed by atoms with Gasteiger partial charge in [-0.15, -0.1) is 0 Å². The normalized spacial score (nSPS) is 14.9. The van der Waals surface area contributed by atoms with Crippen LogP contribution in [-0.2, 0) is 14.4 Å². The fraction of sp³-hybridized carbons (Fsp3) is 0.467. The fourth-order valence-electron chi connectivity index (χ4n) is 2.03. The number of hydrogen-bond acceptors (Lipinski definition) is 6. The minimum atomic E-state index is -0.0990. The van der Waals surface area contributed by atoms with Gasteiger partial charge in [0.2, 0.25) is 0 Å². The van der Waals surface area contributed by atoms with Gasteiger partial charge in [0.15, 0.2) is 6.61 Å². The molecule has 1 aliphatic rings. The van der Waals surface area contributed by atoms with Gasteiger partial charge in [-0.2, -0.15) is 0 Å². The van der Waals surface area contributed by atoms with Crippen LogP contribution < -0.4 is 9.47 Å². The first-order valence-electron chi connectivity index (χ1n) is 6.97. The molecule has 0 saturated carbocycles.